The molecular formula is C21H19FN2. The summed E-state index contributed by atoms with van der Waals surface area (Å²) in [7, 11) is 0. The van der Waals surface area contributed by atoms with Gasteiger partial charge in [-0.1, -0.05) is 54.6 Å². The predicted octanol–water partition coefficient (Wildman–Crippen LogP) is 5.00. The number of rotatable bonds is 3. The Morgan fingerprint density at radius 2 is 1.71 bits per heavy atom. The first kappa shape index (κ1) is 14.8. The first-order valence-corrected chi connectivity index (χ1v) is 8.20. The quantitative estimate of drug-likeness (QED) is 0.731. The van der Waals surface area contributed by atoms with E-state index in [2.05, 4.69) is 46.6 Å². The second kappa shape index (κ2) is 6.36. The molecule has 0 radical (unpaired) electrons. The van der Waals surface area contributed by atoms with Crippen LogP contribution in [-0.4, -0.2) is 6.54 Å². The van der Waals surface area contributed by atoms with Crippen molar-refractivity contribution in [2.45, 2.75) is 12.6 Å². The fourth-order valence-electron chi connectivity index (χ4n) is 3.36. The smallest absolute Gasteiger partial charge is 0.123 e. The van der Waals surface area contributed by atoms with Crippen LogP contribution in [0, 0.1) is 5.82 Å². The van der Waals surface area contributed by atoms with Gasteiger partial charge < -0.3 is 10.2 Å². The van der Waals surface area contributed by atoms with Crippen molar-refractivity contribution in [1.29, 1.82) is 0 Å². The predicted molar refractivity (Wildman–Crippen MR) is 96.7 cm³/mol. The van der Waals surface area contributed by atoms with Crippen LogP contribution in [0.25, 0.3) is 0 Å². The van der Waals surface area contributed by atoms with Gasteiger partial charge in [0.2, 0.25) is 0 Å². The molecule has 1 aliphatic heterocycles. The van der Waals surface area contributed by atoms with E-state index in [1.165, 1.54) is 11.6 Å². The number of fused-ring (bicyclic) bond motifs is 1. The Morgan fingerprint density at radius 1 is 0.917 bits per heavy atom. The van der Waals surface area contributed by atoms with E-state index in [0.717, 1.165) is 23.5 Å². The summed E-state index contributed by atoms with van der Waals surface area (Å²) in [6.07, 6.45) is 0. The lowest BCUT2D eigenvalue weighted by Gasteiger charge is -2.40. The van der Waals surface area contributed by atoms with Gasteiger partial charge in [-0.3, -0.25) is 0 Å². The van der Waals surface area contributed by atoms with Gasteiger partial charge in [0.15, 0.2) is 0 Å². The lowest BCUT2D eigenvalue weighted by Crippen LogP contribution is -2.37. The van der Waals surface area contributed by atoms with Gasteiger partial charge in [-0.05, 0) is 35.4 Å². The van der Waals surface area contributed by atoms with E-state index in [9.17, 15) is 4.39 Å². The van der Waals surface area contributed by atoms with Crippen LogP contribution >= 0.6 is 0 Å². The van der Waals surface area contributed by atoms with E-state index in [1.54, 1.807) is 12.1 Å². The molecule has 0 amide bonds. The number of halogens is 1. The molecule has 1 atom stereocenters. The number of anilines is 2. The van der Waals surface area contributed by atoms with Crippen LogP contribution in [0.2, 0.25) is 0 Å². The molecule has 2 nitrogen and oxygen atoms in total. The zero-order chi connectivity index (χ0) is 16.4. The Bertz CT molecular complexity index is 832. The molecule has 1 aliphatic rings. The highest BCUT2D eigenvalue weighted by molar-refractivity contribution is 5.73. The average Bonchev–Trinajstić information content (AvgIpc) is 2.63. The molecule has 0 saturated heterocycles. The molecule has 120 valence electrons. The number of benzene rings is 3. The fraction of sp³-hybridized carbons (Fsp3) is 0.143. The van der Waals surface area contributed by atoms with Gasteiger partial charge >= 0.3 is 0 Å². The van der Waals surface area contributed by atoms with Crippen molar-refractivity contribution in [3.05, 3.63) is 95.8 Å². The van der Waals surface area contributed by atoms with Crippen LogP contribution in [0.15, 0.2) is 78.9 Å². The zero-order valence-corrected chi connectivity index (χ0v) is 13.3. The minimum Gasteiger partial charge on any atom is -0.381 e. The second-order valence-corrected chi connectivity index (χ2v) is 6.08. The number of nitrogens with one attached hydrogen (secondary N) is 1. The van der Waals surface area contributed by atoms with Gasteiger partial charge in [-0.15, -0.1) is 0 Å². The van der Waals surface area contributed by atoms with E-state index in [1.807, 2.05) is 24.3 Å². The fourth-order valence-corrected chi connectivity index (χ4v) is 3.36. The Balaban J connectivity index is 1.74. The van der Waals surface area contributed by atoms with Crippen LogP contribution in [-0.2, 0) is 6.54 Å². The molecule has 1 N–H and O–H groups in total. The molecule has 4 rings (SSSR count). The van der Waals surface area contributed by atoms with Crippen LogP contribution in [0.4, 0.5) is 15.8 Å². The number of hydrogen-bond acceptors (Lipinski definition) is 2. The third kappa shape index (κ3) is 2.85. The van der Waals surface area contributed by atoms with Gasteiger partial charge in [0.25, 0.3) is 0 Å². The molecule has 1 heterocycles. The third-order valence-corrected chi connectivity index (χ3v) is 4.50. The van der Waals surface area contributed by atoms with Crippen LogP contribution in [0.3, 0.4) is 0 Å². The first-order chi connectivity index (χ1) is 11.8. The summed E-state index contributed by atoms with van der Waals surface area (Å²) < 4.78 is 13.6. The lowest BCUT2D eigenvalue weighted by molar-refractivity contribution is 0.611. The summed E-state index contributed by atoms with van der Waals surface area (Å²) in [6, 6.07) is 25.8. The van der Waals surface area contributed by atoms with E-state index in [-0.39, 0.29) is 11.9 Å². The normalized spacial score (nSPS) is 16.4. The SMILES string of the molecule is Fc1cccc(CN2c3ccccc3NCC2c2ccccc2)c1. The molecule has 0 aromatic heterocycles. The Kier molecular flexibility index (Phi) is 3.91. The van der Waals surface area contributed by atoms with E-state index in [4.69, 9.17) is 0 Å². The number of para-hydroxylation sites is 2. The standard InChI is InChI=1S/C21H19FN2/c22-18-10-6-7-16(13-18)15-24-20-12-5-4-11-19(20)23-14-21(24)17-8-2-1-3-9-17/h1-13,21,23H,14-15H2. The molecular weight excluding hydrogens is 299 g/mol. The number of hydrogen-bond donors (Lipinski definition) is 1. The largest absolute Gasteiger partial charge is 0.381 e. The molecule has 3 aromatic carbocycles. The molecule has 1 unspecified atom stereocenters. The Hall–Kier alpha value is -2.81. The molecule has 3 aromatic rings. The lowest BCUT2D eigenvalue weighted by atomic mass is 10.00. The maximum absolute atomic E-state index is 13.6. The minimum atomic E-state index is -0.188. The van der Waals surface area contributed by atoms with Crippen molar-refractivity contribution in [2.24, 2.45) is 0 Å². The van der Waals surface area contributed by atoms with Gasteiger partial charge in [0, 0.05) is 13.1 Å². The summed E-state index contributed by atoms with van der Waals surface area (Å²) in [5.74, 6) is -0.188. The molecule has 0 spiro atoms. The second-order valence-electron chi connectivity index (χ2n) is 6.08. The third-order valence-electron chi connectivity index (χ3n) is 4.50. The Labute approximate surface area is 141 Å². The van der Waals surface area contributed by atoms with Gasteiger partial charge in [0.05, 0.1) is 17.4 Å². The van der Waals surface area contributed by atoms with E-state index in [0.29, 0.717) is 6.54 Å². The monoisotopic (exact) mass is 318 g/mol. The number of nitrogens with zero attached hydrogens (tertiary/aromatic N) is 1. The average molecular weight is 318 g/mol. The highest BCUT2D eigenvalue weighted by Gasteiger charge is 2.27. The Morgan fingerprint density at radius 3 is 2.54 bits per heavy atom. The summed E-state index contributed by atoms with van der Waals surface area (Å²) in [5, 5.41) is 3.52. The highest BCUT2D eigenvalue weighted by atomic mass is 19.1. The van der Waals surface area contributed by atoms with Crippen molar-refractivity contribution in [1.82, 2.24) is 0 Å². The van der Waals surface area contributed by atoms with E-state index < -0.39 is 0 Å². The molecule has 0 saturated carbocycles. The van der Waals surface area contributed by atoms with Gasteiger partial charge in [0.1, 0.15) is 5.82 Å². The van der Waals surface area contributed by atoms with Crippen molar-refractivity contribution in [3.63, 3.8) is 0 Å². The summed E-state index contributed by atoms with van der Waals surface area (Å²) in [5.41, 5.74) is 4.52. The minimum absolute atomic E-state index is 0.188. The summed E-state index contributed by atoms with van der Waals surface area (Å²) >= 11 is 0. The molecule has 3 heteroatoms. The van der Waals surface area contributed by atoms with Crippen LogP contribution in [0.5, 0.6) is 0 Å². The summed E-state index contributed by atoms with van der Waals surface area (Å²) in [4.78, 5) is 2.36. The van der Waals surface area contributed by atoms with Crippen LogP contribution in [0.1, 0.15) is 17.2 Å². The summed E-state index contributed by atoms with van der Waals surface area (Å²) in [6.45, 7) is 1.51. The van der Waals surface area contributed by atoms with E-state index >= 15 is 0 Å². The van der Waals surface area contributed by atoms with Crippen LogP contribution < -0.4 is 10.2 Å². The van der Waals surface area contributed by atoms with Crippen molar-refractivity contribution >= 4 is 11.4 Å². The van der Waals surface area contributed by atoms with Gasteiger partial charge in [-0.2, -0.15) is 0 Å². The zero-order valence-electron chi connectivity index (χ0n) is 13.3. The molecule has 0 aliphatic carbocycles. The van der Waals surface area contributed by atoms with Crippen molar-refractivity contribution < 1.29 is 4.39 Å². The topological polar surface area (TPSA) is 15.3 Å². The van der Waals surface area contributed by atoms with Crippen molar-refractivity contribution in [2.75, 3.05) is 16.8 Å². The first-order valence-electron chi connectivity index (χ1n) is 8.20. The molecule has 24 heavy (non-hydrogen) atoms. The highest BCUT2D eigenvalue weighted by Crippen LogP contribution is 2.38. The maximum Gasteiger partial charge on any atom is 0.123 e. The van der Waals surface area contributed by atoms with Gasteiger partial charge in [-0.25, -0.2) is 4.39 Å². The molecule has 0 fully saturated rings. The van der Waals surface area contributed by atoms with Crippen molar-refractivity contribution in [3.8, 4) is 0 Å². The molecule has 0 bridgehead atoms. The maximum atomic E-state index is 13.6.